The predicted molar refractivity (Wildman–Crippen MR) is 106 cm³/mol. The highest BCUT2D eigenvalue weighted by molar-refractivity contribution is 6.00. The highest BCUT2D eigenvalue weighted by Gasteiger charge is 2.35. The van der Waals surface area contributed by atoms with Crippen molar-refractivity contribution in [3.63, 3.8) is 0 Å². The molecule has 1 unspecified atom stereocenters. The van der Waals surface area contributed by atoms with Gasteiger partial charge in [-0.15, -0.1) is 0 Å². The number of amides is 3. The van der Waals surface area contributed by atoms with Gasteiger partial charge < -0.3 is 19.9 Å². The van der Waals surface area contributed by atoms with E-state index in [2.05, 4.69) is 5.32 Å². The van der Waals surface area contributed by atoms with E-state index in [0.717, 1.165) is 43.7 Å². The van der Waals surface area contributed by atoms with Crippen LogP contribution < -0.4 is 15.0 Å². The van der Waals surface area contributed by atoms with E-state index in [1.165, 1.54) is 0 Å². The number of hydrogen-bond donors (Lipinski definition) is 1. The van der Waals surface area contributed by atoms with Crippen LogP contribution in [-0.2, 0) is 14.4 Å². The molecule has 7 nitrogen and oxygen atoms in total. The van der Waals surface area contributed by atoms with Crippen molar-refractivity contribution < 1.29 is 19.1 Å². The van der Waals surface area contributed by atoms with Crippen LogP contribution in [0.4, 0.5) is 5.69 Å². The van der Waals surface area contributed by atoms with Gasteiger partial charge in [0.2, 0.25) is 17.7 Å². The first kappa shape index (κ1) is 20.2. The Hall–Kier alpha value is -2.57. The van der Waals surface area contributed by atoms with Crippen LogP contribution in [0.25, 0.3) is 0 Å². The fourth-order valence-electron chi connectivity index (χ4n) is 3.80. The van der Waals surface area contributed by atoms with Crippen molar-refractivity contribution in [3.8, 4) is 5.75 Å². The van der Waals surface area contributed by atoms with Gasteiger partial charge in [0, 0.05) is 44.7 Å². The molecule has 152 valence electrons. The summed E-state index contributed by atoms with van der Waals surface area (Å²) in [4.78, 5) is 40.3. The van der Waals surface area contributed by atoms with Crippen LogP contribution in [0.1, 0.15) is 38.5 Å². The Morgan fingerprint density at radius 2 is 1.93 bits per heavy atom. The van der Waals surface area contributed by atoms with Gasteiger partial charge in [-0.1, -0.05) is 6.42 Å². The first-order chi connectivity index (χ1) is 13.6. The minimum absolute atomic E-state index is 0.0412. The zero-order valence-corrected chi connectivity index (χ0v) is 16.5. The van der Waals surface area contributed by atoms with E-state index < -0.39 is 0 Å². The zero-order chi connectivity index (χ0) is 19.9. The Labute approximate surface area is 166 Å². The molecule has 2 saturated heterocycles. The van der Waals surface area contributed by atoms with E-state index in [9.17, 15) is 14.4 Å². The van der Waals surface area contributed by atoms with E-state index in [1.54, 1.807) is 24.1 Å². The molecule has 7 heteroatoms. The second-order valence-corrected chi connectivity index (χ2v) is 7.44. The Bertz CT molecular complexity index is 704. The van der Waals surface area contributed by atoms with Crippen molar-refractivity contribution >= 4 is 23.4 Å². The quantitative estimate of drug-likeness (QED) is 0.726. The standard InChI is InChI=1S/C21H29N3O4/c1-28-18-9-7-17(8-10-18)24-15-16(14-20(24)26)21(27)22-11-5-13-23-12-4-2-3-6-19(23)25/h7-10,16H,2-6,11-15H2,1H3,(H,22,27). The van der Waals surface area contributed by atoms with E-state index in [1.807, 2.05) is 17.0 Å². The molecule has 3 rings (SSSR count). The summed E-state index contributed by atoms with van der Waals surface area (Å²) >= 11 is 0. The highest BCUT2D eigenvalue weighted by atomic mass is 16.5. The summed E-state index contributed by atoms with van der Waals surface area (Å²) in [6.45, 7) is 2.42. The van der Waals surface area contributed by atoms with Gasteiger partial charge in [0.15, 0.2) is 0 Å². The van der Waals surface area contributed by atoms with Crippen molar-refractivity contribution in [2.75, 3.05) is 38.2 Å². The Kier molecular flexibility index (Phi) is 6.90. The molecule has 2 aliphatic rings. The third-order valence-corrected chi connectivity index (χ3v) is 5.46. The highest BCUT2D eigenvalue weighted by Crippen LogP contribution is 2.26. The topological polar surface area (TPSA) is 79.0 Å². The summed E-state index contributed by atoms with van der Waals surface area (Å²) in [5, 5.41) is 2.93. The van der Waals surface area contributed by atoms with Gasteiger partial charge in [0.05, 0.1) is 13.0 Å². The molecule has 0 spiro atoms. The fourth-order valence-corrected chi connectivity index (χ4v) is 3.80. The molecule has 0 bridgehead atoms. The molecule has 1 N–H and O–H groups in total. The first-order valence-electron chi connectivity index (χ1n) is 10.1. The van der Waals surface area contributed by atoms with E-state index in [4.69, 9.17) is 4.74 Å². The van der Waals surface area contributed by atoms with Gasteiger partial charge >= 0.3 is 0 Å². The largest absolute Gasteiger partial charge is 0.497 e. The molecular weight excluding hydrogens is 358 g/mol. The third kappa shape index (κ3) is 5.03. The molecule has 1 aromatic rings. The lowest BCUT2D eigenvalue weighted by Crippen LogP contribution is -2.36. The molecule has 3 amide bonds. The fraction of sp³-hybridized carbons (Fsp3) is 0.571. The van der Waals surface area contributed by atoms with Crippen molar-refractivity contribution in [1.82, 2.24) is 10.2 Å². The van der Waals surface area contributed by atoms with Gasteiger partial charge in [-0.25, -0.2) is 0 Å². The number of anilines is 1. The van der Waals surface area contributed by atoms with Crippen LogP contribution in [0.5, 0.6) is 5.75 Å². The van der Waals surface area contributed by atoms with Crippen LogP contribution in [-0.4, -0.2) is 55.9 Å². The third-order valence-electron chi connectivity index (χ3n) is 5.46. The smallest absolute Gasteiger partial charge is 0.227 e. The van der Waals surface area contributed by atoms with E-state index in [0.29, 0.717) is 26.1 Å². The molecule has 1 aromatic carbocycles. The number of likely N-dealkylation sites (tertiary alicyclic amines) is 1. The number of carbonyl (C=O) groups is 3. The number of rotatable bonds is 7. The number of benzene rings is 1. The molecule has 28 heavy (non-hydrogen) atoms. The lowest BCUT2D eigenvalue weighted by atomic mass is 10.1. The van der Waals surface area contributed by atoms with Crippen molar-refractivity contribution in [3.05, 3.63) is 24.3 Å². The molecule has 0 aromatic heterocycles. The Balaban J connectivity index is 1.43. The first-order valence-corrected chi connectivity index (χ1v) is 10.1. The summed E-state index contributed by atoms with van der Waals surface area (Å²) in [7, 11) is 1.60. The number of nitrogens with one attached hydrogen (secondary N) is 1. The van der Waals surface area contributed by atoms with Gasteiger partial charge in [-0.3, -0.25) is 14.4 Å². The van der Waals surface area contributed by atoms with Crippen LogP contribution in [0.3, 0.4) is 0 Å². The van der Waals surface area contributed by atoms with Crippen LogP contribution in [0.15, 0.2) is 24.3 Å². The lowest BCUT2D eigenvalue weighted by molar-refractivity contribution is -0.130. The average molecular weight is 387 g/mol. The average Bonchev–Trinajstić information content (AvgIpc) is 2.98. The maximum Gasteiger partial charge on any atom is 0.227 e. The minimum atomic E-state index is -0.338. The van der Waals surface area contributed by atoms with Gasteiger partial charge in [0.1, 0.15) is 5.75 Å². The molecule has 1 atom stereocenters. The number of ether oxygens (including phenoxy) is 1. The van der Waals surface area contributed by atoms with Gasteiger partial charge in [-0.05, 0) is 43.5 Å². The van der Waals surface area contributed by atoms with Gasteiger partial charge in [0.25, 0.3) is 0 Å². The maximum atomic E-state index is 12.4. The monoisotopic (exact) mass is 387 g/mol. The molecular formula is C21H29N3O4. The molecule has 0 radical (unpaired) electrons. The summed E-state index contributed by atoms with van der Waals surface area (Å²) in [5.41, 5.74) is 0.778. The molecule has 2 aliphatic heterocycles. The summed E-state index contributed by atoms with van der Waals surface area (Å²) in [6, 6.07) is 7.27. The van der Waals surface area contributed by atoms with E-state index in [-0.39, 0.29) is 30.1 Å². The molecule has 0 aliphatic carbocycles. The second-order valence-electron chi connectivity index (χ2n) is 7.44. The number of methoxy groups -OCH3 is 1. The Morgan fingerprint density at radius 1 is 1.14 bits per heavy atom. The molecule has 2 fully saturated rings. The zero-order valence-electron chi connectivity index (χ0n) is 16.5. The van der Waals surface area contributed by atoms with Gasteiger partial charge in [-0.2, -0.15) is 0 Å². The summed E-state index contributed by atoms with van der Waals surface area (Å²) in [5.74, 6) is 0.481. The normalized spacial score (nSPS) is 20.2. The molecule has 2 heterocycles. The van der Waals surface area contributed by atoms with Crippen molar-refractivity contribution in [1.29, 1.82) is 0 Å². The number of hydrogen-bond acceptors (Lipinski definition) is 4. The second kappa shape index (κ2) is 9.57. The predicted octanol–water partition coefficient (Wildman–Crippen LogP) is 1.96. The maximum absolute atomic E-state index is 12.4. The van der Waals surface area contributed by atoms with Crippen molar-refractivity contribution in [2.45, 2.75) is 38.5 Å². The molecule has 0 saturated carbocycles. The van der Waals surface area contributed by atoms with Crippen LogP contribution >= 0.6 is 0 Å². The van der Waals surface area contributed by atoms with Crippen LogP contribution in [0, 0.1) is 5.92 Å². The number of carbonyl (C=O) groups excluding carboxylic acids is 3. The van der Waals surface area contributed by atoms with E-state index >= 15 is 0 Å². The van der Waals surface area contributed by atoms with Crippen LogP contribution in [0.2, 0.25) is 0 Å². The Morgan fingerprint density at radius 3 is 2.68 bits per heavy atom. The minimum Gasteiger partial charge on any atom is -0.497 e. The number of nitrogens with zero attached hydrogens (tertiary/aromatic N) is 2. The summed E-state index contributed by atoms with van der Waals surface area (Å²) in [6.07, 6.45) is 4.75. The SMILES string of the molecule is COc1ccc(N2CC(C(=O)NCCCN3CCCCCC3=O)CC2=O)cc1. The lowest BCUT2D eigenvalue weighted by Gasteiger charge is -2.20. The van der Waals surface area contributed by atoms with Crippen molar-refractivity contribution in [2.24, 2.45) is 5.92 Å². The summed E-state index contributed by atoms with van der Waals surface area (Å²) < 4.78 is 5.14.